The van der Waals surface area contributed by atoms with Crippen LogP contribution in [0.1, 0.15) is 31.4 Å². The van der Waals surface area contributed by atoms with Gasteiger partial charge in [0.1, 0.15) is 5.75 Å². The Labute approximate surface area is 96.9 Å². The van der Waals surface area contributed by atoms with Crippen LogP contribution in [0.4, 0.5) is 0 Å². The second kappa shape index (κ2) is 5.87. The summed E-state index contributed by atoms with van der Waals surface area (Å²) in [7, 11) is 0. The number of aliphatic hydroxyl groups is 1. The van der Waals surface area contributed by atoms with Gasteiger partial charge in [-0.05, 0) is 43.4 Å². The number of aliphatic hydroxyl groups excluding tert-OH is 1. The molecular weight excluding hydrogens is 202 g/mol. The third-order valence-electron chi connectivity index (χ3n) is 2.67. The maximum absolute atomic E-state index is 9.43. The molecular formula is C13H21NO2. The molecule has 0 radical (unpaired) electrons. The second-order valence-corrected chi connectivity index (χ2v) is 4.64. The number of aromatic hydroxyl groups is 1. The van der Waals surface area contributed by atoms with Gasteiger partial charge in [0, 0.05) is 11.6 Å². The van der Waals surface area contributed by atoms with Crippen LogP contribution in [0.25, 0.3) is 0 Å². The highest BCUT2D eigenvalue weighted by Gasteiger charge is 2.08. The fourth-order valence-electron chi connectivity index (χ4n) is 2.01. The molecule has 0 aliphatic heterocycles. The lowest BCUT2D eigenvalue weighted by molar-refractivity contribution is 0.275. The molecule has 3 nitrogen and oxygen atoms in total. The van der Waals surface area contributed by atoms with Gasteiger partial charge in [-0.2, -0.15) is 0 Å². The fraction of sp³-hybridized carbons (Fsp3) is 0.538. The Morgan fingerprint density at radius 3 is 2.56 bits per heavy atom. The Balaban J connectivity index is 2.67. The van der Waals surface area contributed by atoms with Gasteiger partial charge in [0.05, 0.1) is 6.61 Å². The van der Waals surface area contributed by atoms with E-state index in [0.29, 0.717) is 11.5 Å². The Morgan fingerprint density at radius 1 is 1.31 bits per heavy atom. The van der Waals surface area contributed by atoms with Crippen molar-refractivity contribution in [3.8, 4) is 5.75 Å². The summed E-state index contributed by atoms with van der Waals surface area (Å²) in [6.07, 6.45) is 1.91. The monoisotopic (exact) mass is 223 g/mol. The molecule has 4 N–H and O–H groups in total. The molecule has 0 saturated carbocycles. The average Bonchev–Trinajstić information content (AvgIpc) is 2.19. The zero-order valence-corrected chi connectivity index (χ0v) is 9.98. The number of hydrogen-bond donors (Lipinski definition) is 3. The van der Waals surface area contributed by atoms with E-state index in [-0.39, 0.29) is 18.4 Å². The van der Waals surface area contributed by atoms with Crippen molar-refractivity contribution in [2.24, 2.45) is 11.7 Å². The van der Waals surface area contributed by atoms with Crippen molar-refractivity contribution < 1.29 is 10.2 Å². The Kier molecular flexibility index (Phi) is 4.77. The minimum absolute atomic E-state index is 0.124. The molecule has 0 aliphatic rings. The highest BCUT2D eigenvalue weighted by atomic mass is 16.3. The van der Waals surface area contributed by atoms with E-state index in [1.807, 2.05) is 19.1 Å². The molecule has 0 spiro atoms. The molecule has 3 heteroatoms. The van der Waals surface area contributed by atoms with E-state index in [2.05, 4.69) is 6.92 Å². The smallest absolute Gasteiger partial charge is 0.121 e. The molecule has 0 bridgehead atoms. The van der Waals surface area contributed by atoms with E-state index >= 15 is 0 Å². The maximum atomic E-state index is 9.43. The summed E-state index contributed by atoms with van der Waals surface area (Å²) in [5.74, 6) is 0.669. The van der Waals surface area contributed by atoms with Crippen LogP contribution in [-0.4, -0.2) is 16.3 Å². The van der Waals surface area contributed by atoms with Gasteiger partial charge in [0.25, 0.3) is 0 Å². The standard InChI is InChI=1S/C13H21NO2/c1-9(5-10(2)14)6-11-3-4-13(16)12(7-11)8-15/h3-4,7,9-10,15-16H,5-6,8,14H2,1-2H3. The highest BCUT2D eigenvalue weighted by Crippen LogP contribution is 2.21. The van der Waals surface area contributed by atoms with E-state index in [0.717, 1.165) is 18.4 Å². The summed E-state index contributed by atoms with van der Waals surface area (Å²) in [6.45, 7) is 4.04. The molecule has 90 valence electrons. The molecule has 0 fully saturated rings. The number of benzene rings is 1. The quantitative estimate of drug-likeness (QED) is 0.713. The van der Waals surface area contributed by atoms with Crippen LogP contribution in [0.15, 0.2) is 18.2 Å². The topological polar surface area (TPSA) is 66.5 Å². The predicted octanol–water partition coefficient (Wildman–Crippen LogP) is 1.80. The fourth-order valence-corrected chi connectivity index (χ4v) is 2.01. The molecule has 0 heterocycles. The van der Waals surface area contributed by atoms with Gasteiger partial charge in [0.15, 0.2) is 0 Å². The molecule has 1 rings (SSSR count). The molecule has 0 aliphatic carbocycles. The SMILES string of the molecule is CC(N)CC(C)Cc1ccc(O)c(CO)c1. The first kappa shape index (κ1) is 13.0. The second-order valence-electron chi connectivity index (χ2n) is 4.64. The summed E-state index contributed by atoms with van der Waals surface area (Å²) in [5, 5.41) is 18.5. The minimum atomic E-state index is -0.124. The van der Waals surface area contributed by atoms with Crippen molar-refractivity contribution in [2.75, 3.05) is 0 Å². The Bertz CT molecular complexity index is 337. The Hall–Kier alpha value is -1.06. The first-order valence-electron chi connectivity index (χ1n) is 5.70. The third-order valence-corrected chi connectivity index (χ3v) is 2.67. The molecule has 1 aromatic carbocycles. The van der Waals surface area contributed by atoms with Crippen LogP contribution in [0.3, 0.4) is 0 Å². The van der Waals surface area contributed by atoms with Crippen molar-refractivity contribution in [1.82, 2.24) is 0 Å². The third kappa shape index (κ3) is 3.83. The zero-order chi connectivity index (χ0) is 12.1. The van der Waals surface area contributed by atoms with Gasteiger partial charge in [0.2, 0.25) is 0 Å². The summed E-state index contributed by atoms with van der Waals surface area (Å²) >= 11 is 0. The van der Waals surface area contributed by atoms with Crippen LogP contribution in [0.5, 0.6) is 5.75 Å². The molecule has 2 atom stereocenters. The normalized spacial score (nSPS) is 14.8. The van der Waals surface area contributed by atoms with Crippen molar-refractivity contribution in [3.63, 3.8) is 0 Å². The van der Waals surface area contributed by atoms with Crippen molar-refractivity contribution in [3.05, 3.63) is 29.3 Å². The van der Waals surface area contributed by atoms with Crippen LogP contribution >= 0.6 is 0 Å². The van der Waals surface area contributed by atoms with E-state index in [9.17, 15) is 5.11 Å². The average molecular weight is 223 g/mol. The molecule has 2 unspecified atom stereocenters. The van der Waals surface area contributed by atoms with Gasteiger partial charge in [-0.3, -0.25) is 0 Å². The maximum Gasteiger partial charge on any atom is 0.121 e. The lowest BCUT2D eigenvalue weighted by Gasteiger charge is -2.14. The summed E-state index contributed by atoms with van der Waals surface area (Å²) in [5.41, 5.74) is 7.47. The van der Waals surface area contributed by atoms with Crippen LogP contribution in [-0.2, 0) is 13.0 Å². The Morgan fingerprint density at radius 2 is 2.00 bits per heavy atom. The molecule has 0 saturated heterocycles. The molecule has 0 aromatic heterocycles. The van der Waals surface area contributed by atoms with E-state index in [1.54, 1.807) is 6.07 Å². The van der Waals surface area contributed by atoms with E-state index in [4.69, 9.17) is 10.8 Å². The summed E-state index contributed by atoms with van der Waals surface area (Å²) in [6, 6.07) is 5.60. The lowest BCUT2D eigenvalue weighted by atomic mass is 9.94. The van der Waals surface area contributed by atoms with Crippen molar-refractivity contribution in [2.45, 2.75) is 39.3 Å². The zero-order valence-electron chi connectivity index (χ0n) is 9.98. The number of hydrogen-bond acceptors (Lipinski definition) is 3. The highest BCUT2D eigenvalue weighted by molar-refractivity contribution is 5.35. The largest absolute Gasteiger partial charge is 0.508 e. The van der Waals surface area contributed by atoms with Gasteiger partial charge < -0.3 is 15.9 Å². The van der Waals surface area contributed by atoms with Crippen LogP contribution in [0.2, 0.25) is 0 Å². The van der Waals surface area contributed by atoms with Crippen molar-refractivity contribution in [1.29, 1.82) is 0 Å². The van der Waals surface area contributed by atoms with E-state index < -0.39 is 0 Å². The van der Waals surface area contributed by atoms with Gasteiger partial charge in [-0.25, -0.2) is 0 Å². The number of nitrogens with two attached hydrogens (primary N) is 1. The number of rotatable bonds is 5. The minimum Gasteiger partial charge on any atom is -0.508 e. The number of phenols is 1. The summed E-state index contributed by atoms with van der Waals surface area (Å²) < 4.78 is 0. The molecule has 16 heavy (non-hydrogen) atoms. The first-order valence-corrected chi connectivity index (χ1v) is 5.70. The van der Waals surface area contributed by atoms with Gasteiger partial charge in [-0.15, -0.1) is 0 Å². The predicted molar refractivity (Wildman–Crippen MR) is 65.2 cm³/mol. The van der Waals surface area contributed by atoms with Crippen molar-refractivity contribution >= 4 is 0 Å². The van der Waals surface area contributed by atoms with Gasteiger partial charge >= 0.3 is 0 Å². The van der Waals surface area contributed by atoms with Gasteiger partial charge in [-0.1, -0.05) is 13.0 Å². The molecule has 1 aromatic rings. The van der Waals surface area contributed by atoms with Crippen LogP contribution < -0.4 is 5.73 Å². The van der Waals surface area contributed by atoms with Crippen LogP contribution in [0, 0.1) is 5.92 Å². The van der Waals surface area contributed by atoms with E-state index in [1.165, 1.54) is 0 Å². The lowest BCUT2D eigenvalue weighted by Crippen LogP contribution is -2.19. The molecule has 0 amide bonds. The summed E-state index contributed by atoms with van der Waals surface area (Å²) in [4.78, 5) is 0. The first-order chi connectivity index (χ1) is 7.52.